The van der Waals surface area contributed by atoms with Crippen molar-refractivity contribution in [3.63, 3.8) is 0 Å². The predicted molar refractivity (Wildman–Crippen MR) is 129 cm³/mol. The van der Waals surface area contributed by atoms with Crippen LogP contribution in [0.4, 0.5) is 10.1 Å². The van der Waals surface area contributed by atoms with E-state index in [4.69, 9.17) is 16.3 Å². The monoisotopic (exact) mass is 491 g/mol. The molecule has 0 amide bonds. The number of piperidine rings is 1. The number of halogens is 2. The molecule has 0 bridgehead atoms. The average molecular weight is 492 g/mol. The van der Waals surface area contributed by atoms with Crippen LogP contribution >= 0.6 is 11.6 Å². The normalized spacial score (nSPS) is 21.6. The van der Waals surface area contributed by atoms with Gasteiger partial charge >= 0.3 is 5.97 Å². The first-order chi connectivity index (χ1) is 16.4. The molecule has 0 aliphatic carbocycles. The van der Waals surface area contributed by atoms with Gasteiger partial charge in [0.1, 0.15) is 11.6 Å². The number of nitrogens with one attached hydrogen (secondary N) is 1. The van der Waals surface area contributed by atoms with Crippen LogP contribution in [-0.2, 0) is 16.1 Å². The van der Waals surface area contributed by atoms with Crippen LogP contribution in [0.1, 0.15) is 18.4 Å². The Morgan fingerprint density at radius 1 is 1.18 bits per heavy atom. The average Bonchev–Trinajstić information content (AvgIpc) is 3.20. The van der Waals surface area contributed by atoms with Gasteiger partial charge in [0.05, 0.1) is 24.9 Å². The van der Waals surface area contributed by atoms with E-state index in [1.165, 1.54) is 30.9 Å². The Morgan fingerprint density at radius 2 is 1.91 bits per heavy atom. The summed E-state index contributed by atoms with van der Waals surface area (Å²) in [5, 5.41) is 15.1. The first-order valence-electron chi connectivity index (χ1n) is 11.6. The van der Waals surface area contributed by atoms with E-state index in [2.05, 4.69) is 27.1 Å². The number of benzene rings is 2. The van der Waals surface area contributed by atoms with Gasteiger partial charge in [0.25, 0.3) is 0 Å². The second-order valence-corrected chi connectivity index (χ2v) is 9.34. The molecule has 2 aliphatic heterocycles. The number of aliphatic hydroxyl groups is 1. The van der Waals surface area contributed by atoms with Crippen molar-refractivity contribution < 1.29 is 23.8 Å². The molecule has 7 nitrogen and oxygen atoms in total. The van der Waals surface area contributed by atoms with Gasteiger partial charge in [-0.05, 0) is 55.8 Å². The van der Waals surface area contributed by atoms with Crippen LogP contribution in [0.3, 0.4) is 0 Å². The Hall–Kier alpha value is -2.39. The molecule has 2 aromatic rings. The fourth-order valence-corrected chi connectivity index (χ4v) is 4.74. The lowest BCUT2D eigenvalue weighted by Gasteiger charge is -2.34. The molecular weight excluding hydrogens is 461 g/mol. The Bertz CT molecular complexity index is 969. The van der Waals surface area contributed by atoms with Gasteiger partial charge in [-0.15, -0.1) is 0 Å². The zero-order valence-corrected chi connectivity index (χ0v) is 20.0. The number of hydrogen-bond acceptors (Lipinski definition) is 7. The summed E-state index contributed by atoms with van der Waals surface area (Å²) in [7, 11) is 1.28. The third-order valence-corrected chi connectivity index (χ3v) is 6.73. The third kappa shape index (κ3) is 6.39. The topological polar surface area (TPSA) is 74.3 Å². The SMILES string of the molecule is COC(=O)COc1ccc(F)cc1N1CC(NC2CCN(Cc3ccc(Cl)cc3)CC2)[C@H](O)C1. The van der Waals surface area contributed by atoms with Crippen molar-refractivity contribution in [1.29, 1.82) is 0 Å². The summed E-state index contributed by atoms with van der Waals surface area (Å²) < 4.78 is 24.1. The summed E-state index contributed by atoms with van der Waals surface area (Å²) in [6.07, 6.45) is 1.39. The van der Waals surface area contributed by atoms with Gasteiger partial charge in [-0.1, -0.05) is 23.7 Å². The maximum atomic E-state index is 14.0. The van der Waals surface area contributed by atoms with Crippen LogP contribution in [0, 0.1) is 5.82 Å². The van der Waals surface area contributed by atoms with Crippen LogP contribution in [-0.4, -0.2) is 74.1 Å². The van der Waals surface area contributed by atoms with Gasteiger partial charge in [0.15, 0.2) is 6.61 Å². The van der Waals surface area contributed by atoms with E-state index in [0.29, 0.717) is 30.6 Å². The first-order valence-corrected chi connectivity index (χ1v) is 11.9. The van der Waals surface area contributed by atoms with Crippen LogP contribution in [0.5, 0.6) is 5.75 Å². The number of rotatable bonds is 8. The number of anilines is 1. The maximum Gasteiger partial charge on any atom is 0.343 e. The standard InChI is InChI=1S/C25H31ClFN3O4/c1-33-25(32)16-34-24-7-6-19(27)12-22(24)30-14-21(23(31)15-30)28-20-8-10-29(11-9-20)13-17-2-4-18(26)5-3-17/h2-7,12,20-21,23,28,31H,8-11,13-16H2,1H3/t21?,23-/m1/s1. The van der Waals surface area contributed by atoms with Crippen molar-refractivity contribution in [1.82, 2.24) is 10.2 Å². The van der Waals surface area contributed by atoms with Crippen molar-refractivity contribution in [3.05, 3.63) is 58.9 Å². The van der Waals surface area contributed by atoms with E-state index in [-0.39, 0.29) is 12.6 Å². The van der Waals surface area contributed by atoms with Crippen LogP contribution in [0.2, 0.25) is 5.02 Å². The molecule has 2 saturated heterocycles. The van der Waals surface area contributed by atoms with Crippen LogP contribution in [0.15, 0.2) is 42.5 Å². The lowest BCUT2D eigenvalue weighted by molar-refractivity contribution is -0.142. The van der Waals surface area contributed by atoms with Gasteiger partial charge in [-0.2, -0.15) is 0 Å². The van der Waals surface area contributed by atoms with Gasteiger partial charge in [0.2, 0.25) is 0 Å². The van der Waals surface area contributed by atoms with Gasteiger partial charge in [-0.25, -0.2) is 9.18 Å². The number of methoxy groups -OCH3 is 1. The highest BCUT2D eigenvalue weighted by atomic mass is 35.5. The molecule has 2 N–H and O–H groups in total. The number of hydrogen-bond donors (Lipinski definition) is 2. The second-order valence-electron chi connectivity index (χ2n) is 8.90. The smallest absolute Gasteiger partial charge is 0.343 e. The Kier molecular flexibility index (Phi) is 8.26. The van der Waals surface area contributed by atoms with E-state index < -0.39 is 17.9 Å². The number of esters is 1. The molecule has 4 rings (SSSR count). The number of β-amino-alcohol motifs (C(OH)–C–C–N with tert-alkyl or cyclic N) is 1. The van der Waals surface area contributed by atoms with Crippen molar-refractivity contribution >= 4 is 23.3 Å². The Balaban J connectivity index is 1.30. The molecule has 2 aliphatic rings. The number of carbonyl (C=O) groups is 1. The summed E-state index contributed by atoms with van der Waals surface area (Å²) in [6, 6.07) is 12.3. The number of ether oxygens (including phenoxy) is 2. The third-order valence-electron chi connectivity index (χ3n) is 6.48. The molecule has 0 radical (unpaired) electrons. The quantitative estimate of drug-likeness (QED) is 0.550. The van der Waals surface area contributed by atoms with E-state index in [0.717, 1.165) is 37.5 Å². The summed E-state index contributed by atoms with van der Waals surface area (Å²) in [5.74, 6) is -0.534. The number of carbonyl (C=O) groups excluding carboxylic acids is 1. The molecule has 1 unspecified atom stereocenters. The lowest BCUT2D eigenvalue weighted by Crippen LogP contribution is -2.49. The molecule has 0 saturated carbocycles. The van der Waals surface area contributed by atoms with E-state index in [1.807, 2.05) is 17.0 Å². The van der Waals surface area contributed by atoms with Gasteiger partial charge in [0, 0.05) is 36.8 Å². The molecule has 0 spiro atoms. The van der Waals surface area contributed by atoms with Crippen molar-refractivity contribution in [2.24, 2.45) is 0 Å². The minimum atomic E-state index is -0.594. The summed E-state index contributed by atoms with van der Waals surface area (Å²) in [6.45, 7) is 3.46. The molecule has 2 atom stereocenters. The molecule has 9 heteroatoms. The number of likely N-dealkylation sites (tertiary alicyclic amines) is 1. The molecule has 2 fully saturated rings. The highest BCUT2D eigenvalue weighted by molar-refractivity contribution is 6.30. The molecule has 2 aromatic carbocycles. The highest BCUT2D eigenvalue weighted by Gasteiger charge is 2.35. The largest absolute Gasteiger partial charge is 0.480 e. The fraction of sp³-hybridized carbons (Fsp3) is 0.480. The fourth-order valence-electron chi connectivity index (χ4n) is 4.61. The van der Waals surface area contributed by atoms with Gasteiger partial charge < -0.3 is 24.8 Å². The van der Waals surface area contributed by atoms with Crippen molar-refractivity contribution in [3.8, 4) is 5.75 Å². The first kappa shape index (κ1) is 24.7. The Morgan fingerprint density at radius 3 is 2.62 bits per heavy atom. The maximum absolute atomic E-state index is 14.0. The number of aliphatic hydroxyl groups excluding tert-OH is 1. The number of nitrogens with zero attached hydrogens (tertiary/aromatic N) is 2. The van der Waals surface area contributed by atoms with E-state index >= 15 is 0 Å². The zero-order chi connectivity index (χ0) is 24.1. The summed E-state index contributed by atoms with van der Waals surface area (Å²) in [5.41, 5.74) is 1.77. The van der Waals surface area contributed by atoms with E-state index in [9.17, 15) is 14.3 Å². The molecule has 2 heterocycles. The molecule has 0 aromatic heterocycles. The molecular formula is C25H31ClFN3O4. The molecule has 184 valence electrons. The molecule has 34 heavy (non-hydrogen) atoms. The van der Waals surface area contributed by atoms with Gasteiger partial charge in [-0.3, -0.25) is 4.90 Å². The zero-order valence-electron chi connectivity index (χ0n) is 19.3. The predicted octanol–water partition coefficient (Wildman–Crippen LogP) is 2.83. The Labute approximate surface area is 204 Å². The minimum Gasteiger partial charge on any atom is -0.480 e. The second kappa shape index (κ2) is 11.4. The van der Waals surface area contributed by atoms with Crippen molar-refractivity contribution in [2.45, 2.75) is 37.6 Å². The van der Waals surface area contributed by atoms with Crippen LogP contribution in [0.25, 0.3) is 0 Å². The summed E-state index contributed by atoms with van der Waals surface area (Å²) >= 11 is 5.98. The van der Waals surface area contributed by atoms with E-state index in [1.54, 1.807) is 0 Å². The van der Waals surface area contributed by atoms with Crippen LogP contribution < -0.4 is 15.0 Å². The highest BCUT2D eigenvalue weighted by Crippen LogP contribution is 2.32. The lowest BCUT2D eigenvalue weighted by atomic mass is 10.0. The minimum absolute atomic E-state index is 0.135. The van der Waals surface area contributed by atoms with Crippen molar-refractivity contribution in [2.75, 3.05) is 44.8 Å². The summed E-state index contributed by atoms with van der Waals surface area (Å²) in [4.78, 5) is 15.8.